The molecule has 1 saturated heterocycles. The summed E-state index contributed by atoms with van der Waals surface area (Å²) in [6.07, 6.45) is 5.37. The molecule has 8 heteroatoms. The molecule has 0 radical (unpaired) electrons. The van der Waals surface area contributed by atoms with Gasteiger partial charge in [0.25, 0.3) is 0 Å². The van der Waals surface area contributed by atoms with Crippen molar-refractivity contribution < 1.29 is 0 Å². The molecule has 3 rings (SSSR count). The highest BCUT2D eigenvalue weighted by Gasteiger charge is 2.16. The first-order chi connectivity index (χ1) is 14.7. The molecule has 1 fully saturated rings. The summed E-state index contributed by atoms with van der Waals surface area (Å²) in [6.45, 7) is 13.2. The lowest BCUT2D eigenvalue weighted by molar-refractivity contribution is 0.176. The molecular weight excluding hydrogens is 501 g/mol. The molecule has 0 spiro atoms. The standard InChI is InChI=1S/C23H37N7.HI/c1-4-22-28-27-18-30(22)14-12-25-23(24-5-2)26-15-20-8-10-21(11-9-20)17-29-13-6-7-19(3)16-29;/h8-11,18-19H,4-7,12-17H2,1-3H3,(H2,24,25,26);1H. The Morgan fingerprint density at radius 3 is 2.65 bits per heavy atom. The maximum absolute atomic E-state index is 4.74. The van der Waals surface area contributed by atoms with E-state index >= 15 is 0 Å². The van der Waals surface area contributed by atoms with Crippen molar-refractivity contribution in [2.45, 2.75) is 59.7 Å². The lowest BCUT2D eigenvalue weighted by Crippen LogP contribution is -2.38. The summed E-state index contributed by atoms with van der Waals surface area (Å²) in [5.41, 5.74) is 2.62. The summed E-state index contributed by atoms with van der Waals surface area (Å²) in [7, 11) is 0. The lowest BCUT2D eigenvalue weighted by atomic mass is 9.99. The van der Waals surface area contributed by atoms with E-state index in [4.69, 9.17) is 4.99 Å². The molecule has 0 bridgehead atoms. The maximum Gasteiger partial charge on any atom is 0.191 e. The smallest absolute Gasteiger partial charge is 0.191 e. The minimum Gasteiger partial charge on any atom is -0.357 e. The van der Waals surface area contributed by atoms with Crippen LogP contribution in [-0.4, -0.2) is 51.8 Å². The molecule has 0 amide bonds. The molecular formula is C23H38IN7. The third kappa shape index (κ3) is 8.40. The number of hydrogen-bond acceptors (Lipinski definition) is 4. The zero-order valence-electron chi connectivity index (χ0n) is 19.2. The van der Waals surface area contributed by atoms with E-state index in [1.165, 1.54) is 37.1 Å². The largest absolute Gasteiger partial charge is 0.357 e. The molecule has 1 aromatic carbocycles. The quantitative estimate of drug-likeness (QED) is 0.290. The third-order valence-electron chi connectivity index (χ3n) is 5.59. The minimum atomic E-state index is 0. The normalized spacial score (nSPS) is 17.3. The second-order valence-electron chi connectivity index (χ2n) is 8.22. The number of nitrogens with zero attached hydrogens (tertiary/aromatic N) is 5. The summed E-state index contributed by atoms with van der Waals surface area (Å²) >= 11 is 0. The molecule has 1 unspecified atom stereocenters. The Hall–Kier alpha value is -1.68. The SMILES string of the molecule is CCNC(=NCc1ccc(CN2CCCC(C)C2)cc1)NCCn1cnnc1CC.I. The van der Waals surface area contributed by atoms with E-state index in [2.05, 4.69) is 75.3 Å². The monoisotopic (exact) mass is 539 g/mol. The topological polar surface area (TPSA) is 70.4 Å². The number of aliphatic imine (C=N–C) groups is 1. The Kier molecular flexibility index (Phi) is 11.3. The molecule has 1 aliphatic heterocycles. The van der Waals surface area contributed by atoms with Crippen molar-refractivity contribution in [1.82, 2.24) is 30.3 Å². The molecule has 0 aliphatic carbocycles. The zero-order chi connectivity index (χ0) is 21.2. The first kappa shape index (κ1) is 25.6. The number of benzene rings is 1. The van der Waals surface area contributed by atoms with Crippen molar-refractivity contribution in [2.24, 2.45) is 10.9 Å². The van der Waals surface area contributed by atoms with E-state index in [1.54, 1.807) is 6.33 Å². The Bertz CT molecular complexity index is 787. The fourth-order valence-corrected chi connectivity index (χ4v) is 3.98. The van der Waals surface area contributed by atoms with Gasteiger partial charge in [0, 0.05) is 39.1 Å². The summed E-state index contributed by atoms with van der Waals surface area (Å²) < 4.78 is 2.08. The molecule has 7 nitrogen and oxygen atoms in total. The number of nitrogens with one attached hydrogen (secondary N) is 2. The van der Waals surface area contributed by atoms with Crippen molar-refractivity contribution in [1.29, 1.82) is 0 Å². The van der Waals surface area contributed by atoms with Gasteiger partial charge in [0.05, 0.1) is 6.54 Å². The van der Waals surface area contributed by atoms with E-state index in [1.807, 2.05) is 0 Å². The first-order valence-corrected chi connectivity index (χ1v) is 11.4. The van der Waals surface area contributed by atoms with Crippen LogP contribution in [0.1, 0.15) is 50.6 Å². The number of hydrogen-bond donors (Lipinski definition) is 2. The van der Waals surface area contributed by atoms with Crippen molar-refractivity contribution in [3.8, 4) is 0 Å². The van der Waals surface area contributed by atoms with E-state index in [-0.39, 0.29) is 24.0 Å². The number of guanidine groups is 1. The predicted octanol–water partition coefficient (Wildman–Crippen LogP) is 3.45. The van der Waals surface area contributed by atoms with Gasteiger partial charge >= 0.3 is 0 Å². The molecule has 172 valence electrons. The van der Waals surface area contributed by atoms with Crippen LogP contribution in [0.15, 0.2) is 35.6 Å². The first-order valence-electron chi connectivity index (χ1n) is 11.4. The van der Waals surface area contributed by atoms with E-state index in [0.29, 0.717) is 6.54 Å². The minimum absolute atomic E-state index is 0. The number of halogens is 1. The van der Waals surface area contributed by atoms with Crippen molar-refractivity contribution in [2.75, 3.05) is 26.2 Å². The van der Waals surface area contributed by atoms with Gasteiger partial charge in [0.15, 0.2) is 5.96 Å². The molecule has 1 atom stereocenters. The Morgan fingerprint density at radius 2 is 1.94 bits per heavy atom. The van der Waals surface area contributed by atoms with Crippen LogP contribution in [0, 0.1) is 5.92 Å². The number of rotatable bonds is 9. The summed E-state index contributed by atoms with van der Waals surface area (Å²) in [5.74, 6) is 2.68. The average Bonchev–Trinajstić information content (AvgIpc) is 3.20. The van der Waals surface area contributed by atoms with Crippen LogP contribution in [0.25, 0.3) is 0 Å². The number of piperidine rings is 1. The fraction of sp³-hybridized carbons (Fsp3) is 0.609. The van der Waals surface area contributed by atoms with Gasteiger partial charge in [-0.05, 0) is 43.4 Å². The van der Waals surface area contributed by atoms with Gasteiger partial charge in [-0.1, -0.05) is 38.1 Å². The molecule has 0 saturated carbocycles. The number of aryl methyl sites for hydroxylation is 1. The van der Waals surface area contributed by atoms with Gasteiger partial charge in [0.2, 0.25) is 0 Å². The predicted molar refractivity (Wildman–Crippen MR) is 138 cm³/mol. The highest BCUT2D eigenvalue weighted by molar-refractivity contribution is 14.0. The lowest BCUT2D eigenvalue weighted by Gasteiger charge is -2.30. The highest BCUT2D eigenvalue weighted by Crippen LogP contribution is 2.18. The van der Waals surface area contributed by atoms with Crippen LogP contribution in [0.4, 0.5) is 0 Å². The maximum atomic E-state index is 4.74. The van der Waals surface area contributed by atoms with Crippen LogP contribution in [-0.2, 0) is 26.1 Å². The molecule has 31 heavy (non-hydrogen) atoms. The van der Waals surface area contributed by atoms with Gasteiger partial charge < -0.3 is 15.2 Å². The van der Waals surface area contributed by atoms with Crippen LogP contribution in [0.5, 0.6) is 0 Å². The molecule has 1 aliphatic rings. The molecule has 2 heterocycles. The van der Waals surface area contributed by atoms with Gasteiger partial charge in [-0.3, -0.25) is 4.90 Å². The van der Waals surface area contributed by atoms with E-state index < -0.39 is 0 Å². The third-order valence-corrected chi connectivity index (χ3v) is 5.59. The second kappa shape index (κ2) is 13.7. The van der Waals surface area contributed by atoms with Crippen LogP contribution < -0.4 is 10.6 Å². The Morgan fingerprint density at radius 1 is 1.16 bits per heavy atom. The molecule has 1 aromatic heterocycles. The van der Waals surface area contributed by atoms with Crippen molar-refractivity contribution >= 4 is 29.9 Å². The van der Waals surface area contributed by atoms with Crippen molar-refractivity contribution in [3.05, 3.63) is 47.5 Å². The van der Waals surface area contributed by atoms with Gasteiger partial charge in [-0.15, -0.1) is 34.2 Å². The van der Waals surface area contributed by atoms with Gasteiger partial charge in [-0.2, -0.15) is 0 Å². The average molecular weight is 540 g/mol. The zero-order valence-corrected chi connectivity index (χ0v) is 21.5. The highest BCUT2D eigenvalue weighted by atomic mass is 127. The van der Waals surface area contributed by atoms with Crippen LogP contribution >= 0.6 is 24.0 Å². The summed E-state index contributed by atoms with van der Waals surface area (Å²) in [5, 5.41) is 14.8. The van der Waals surface area contributed by atoms with Gasteiger partial charge in [0.1, 0.15) is 12.2 Å². The fourth-order valence-electron chi connectivity index (χ4n) is 3.98. The second-order valence-corrected chi connectivity index (χ2v) is 8.22. The molecule has 2 aromatic rings. The van der Waals surface area contributed by atoms with Crippen LogP contribution in [0.2, 0.25) is 0 Å². The number of likely N-dealkylation sites (tertiary alicyclic amines) is 1. The van der Waals surface area contributed by atoms with E-state index in [9.17, 15) is 0 Å². The van der Waals surface area contributed by atoms with Gasteiger partial charge in [-0.25, -0.2) is 4.99 Å². The summed E-state index contributed by atoms with van der Waals surface area (Å²) in [4.78, 5) is 7.32. The Labute approximate surface area is 204 Å². The molecule has 2 N–H and O–H groups in total. The summed E-state index contributed by atoms with van der Waals surface area (Å²) in [6, 6.07) is 8.92. The van der Waals surface area contributed by atoms with E-state index in [0.717, 1.165) is 50.3 Å². The van der Waals surface area contributed by atoms with Crippen molar-refractivity contribution in [3.63, 3.8) is 0 Å². The van der Waals surface area contributed by atoms with Crippen LogP contribution in [0.3, 0.4) is 0 Å². The number of aromatic nitrogens is 3. The Balaban J connectivity index is 0.00000341.